The molecule has 0 N–H and O–H groups in total. The van der Waals surface area contributed by atoms with Crippen molar-refractivity contribution in [3.63, 3.8) is 0 Å². The predicted molar refractivity (Wildman–Crippen MR) is 95.9 cm³/mol. The van der Waals surface area contributed by atoms with E-state index in [4.69, 9.17) is 0 Å². The first kappa shape index (κ1) is 17.0. The molecule has 0 atom stereocenters. The van der Waals surface area contributed by atoms with Crippen LogP contribution >= 0.6 is 23.1 Å². The molecule has 23 heavy (non-hydrogen) atoms. The molecule has 1 aromatic rings. The maximum atomic E-state index is 13.0. The summed E-state index contributed by atoms with van der Waals surface area (Å²) in [5, 5.41) is 0. The van der Waals surface area contributed by atoms with Gasteiger partial charge in [0.2, 0.25) is 0 Å². The number of rotatable bonds is 2. The van der Waals surface area contributed by atoms with Gasteiger partial charge in [0.05, 0.1) is 9.09 Å². The third-order valence-electron chi connectivity index (χ3n) is 4.72. The second kappa shape index (κ2) is 6.22. The number of thioether (sulfide) groups is 1. The van der Waals surface area contributed by atoms with Crippen LogP contribution < -0.4 is 0 Å². The summed E-state index contributed by atoms with van der Waals surface area (Å²) in [5.41, 5.74) is 1.78. The van der Waals surface area contributed by atoms with Crippen molar-refractivity contribution >= 4 is 34.8 Å². The van der Waals surface area contributed by atoms with E-state index in [1.54, 1.807) is 11.8 Å². The number of hydrogen-bond donors (Lipinski definition) is 0. The van der Waals surface area contributed by atoms with E-state index in [0.717, 1.165) is 52.8 Å². The Balaban J connectivity index is 1.97. The van der Waals surface area contributed by atoms with Crippen LogP contribution in [0.15, 0.2) is 4.21 Å². The maximum absolute atomic E-state index is 13.0. The molecule has 6 heteroatoms. The number of fused-ring (bicyclic) bond motifs is 1. The van der Waals surface area contributed by atoms with Gasteiger partial charge in [-0.1, -0.05) is 13.8 Å². The second-order valence-electron chi connectivity index (χ2n) is 7.31. The van der Waals surface area contributed by atoms with Crippen molar-refractivity contribution < 1.29 is 9.59 Å². The number of carbonyl (C=O) groups is 2. The highest BCUT2D eigenvalue weighted by Crippen LogP contribution is 2.44. The monoisotopic (exact) mass is 352 g/mol. The Bertz CT molecular complexity index is 643. The highest BCUT2D eigenvalue weighted by atomic mass is 32.2. The van der Waals surface area contributed by atoms with E-state index in [0.29, 0.717) is 6.42 Å². The fourth-order valence-corrected chi connectivity index (χ4v) is 5.49. The molecule has 4 nitrogen and oxygen atoms in total. The van der Waals surface area contributed by atoms with Crippen LogP contribution in [0.25, 0.3) is 0 Å². The molecule has 1 saturated heterocycles. The average Bonchev–Trinajstić information content (AvgIpc) is 2.84. The highest BCUT2D eigenvalue weighted by Gasteiger charge is 2.38. The van der Waals surface area contributed by atoms with Crippen LogP contribution in [-0.4, -0.2) is 61.0 Å². The first-order chi connectivity index (χ1) is 10.8. The first-order valence-corrected chi connectivity index (χ1v) is 10.1. The minimum Gasteiger partial charge on any atom is -0.335 e. The number of piperazine rings is 1. The van der Waals surface area contributed by atoms with Crippen molar-refractivity contribution in [1.82, 2.24) is 9.80 Å². The molecule has 1 aromatic heterocycles. The maximum Gasteiger partial charge on any atom is 0.264 e. The number of amides is 1. The molecule has 0 bridgehead atoms. The van der Waals surface area contributed by atoms with Crippen LogP contribution in [0.5, 0.6) is 0 Å². The molecule has 0 saturated carbocycles. The van der Waals surface area contributed by atoms with Crippen LogP contribution in [0.1, 0.15) is 45.9 Å². The van der Waals surface area contributed by atoms with Gasteiger partial charge in [-0.3, -0.25) is 9.59 Å². The topological polar surface area (TPSA) is 40.6 Å². The number of likely N-dealkylation sites (N-methyl/N-ethyl adjacent to an activating group) is 1. The Morgan fingerprint density at radius 3 is 2.43 bits per heavy atom. The molecule has 1 aliphatic carbocycles. The van der Waals surface area contributed by atoms with E-state index in [2.05, 4.69) is 25.8 Å². The Labute approximate surface area is 146 Å². The number of carbonyl (C=O) groups excluding carboxylic acids is 2. The molecule has 2 heterocycles. The van der Waals surface area contributed by atoms with Crippen molar-refractivity contribution in [2.75, 3.05) is 39.5 Å². The van der Waals surface area contributed by atoms with E-state index in [9.17, 15) is 9.59 Å². The lowest BCUT2D eigenvalue weighted by Gasteiger charge is -2.33. The summed E-state index contributed by atoms with van der Waals surface area (Å²) < 4.78 is 1.01. The zero-order valence-electron chi connectivity index (χ0n) is 14.3. The largest absolute Gasteiger partial charge is 0.335 e. The summed E-state index contributed by atoms with van der Waals surface area (Å²) in [5.74, 6) is 0.319. The lowest BCUT2D eigenvalue weighted by atomic mass is 9.74. The molecule has 2 aliphatic rings. The van der Waals surface area contributed by atoms with Crippen molar-refractivity contribution in [3.8, 4) is 0 Å². The number of Topliss-reactive ketones (excluding diaryl/α,β-unsaturated/α-hetero) is 1. The molecule has 1 aliphatic heterocycles. The zero-order valence-corrected chi connectivity index (χ0v) is 15.9. The Kier molecular flexibility index (Phi) is 4.60. The lowest BCUT2D eigenvalue weighted by molar-refractivity contribution is 0.0667. The number of nitrogens with zero attached hydrogens (tertiary/aromatic N) is 2. The molecule has 0 spiro atoms. The molecule has 1 amide bonds. The zero-order chi connectivity index (χ0) is 16.8. The molecule has 1 fully saturated rings. The molecule has 0 unspecified atom stereocenters. The lowest BCUT2D eigenvalue weighted by Crippen LogP contribution is -2.47. The van der Waals surface area contributed by atoms with Crippen molar-refractivity contribution in [2.24, 2.45) is 5.41 Å². The number of hydrogen-bond acceptors (Lipinski definition) is 5. The van der Waals surface area contributed by atoms with Gasteiger partial charge in [0, 0.05) is 38.2 Å². The molecular formula is C17H24N2O2S2. The van der Waals surface area contributed by atoms with E-state index in [-0.39, 0.29) is 17.1 Å². The average molecular weight is 353 g/mol. The van der Waals surface area contributed by atoms with Gasteiger partial charge in [-0.15, -0.1) is 23.1 Å². The summed E-state index contributed by atoms with van der Waals surface area (Å²) in [7, 11) is 2.09. The first-order valence-electron chi connectivity index (χ1n) is 8.03. The predicted octanol–water partition coefficient (Wildman–Crippen LogP) is 3.01. The minimum atomic E-state index is -0.0576. The molecule has 126 valence electrons. The van der Waals surface area contributed by atoms with E-state index in [1.165, 1.54) is 11.3 Å². The standard InChI is InChI=1S/C17H24N2O2S2/c1-17(2)9-11-13(12(20)10-17)16(22-4)23-14(11)15(21)19-7-5-18(3)6-8-19/h5-10H2,1-4H3. The third-order valence-corrected chi connectivity index (χ3v) is 7.06. The Hall–Kier alpha value is -0.850. The number of ketones is 1. The van der Waals surface area contributed by atoms with Gasteiger partial charge >= 0.3 is 0 Å². The molecular weight excluding hydrogens is 328 g/mol. The van der Waals surface area contributed by atoms with Gasteiger partial charge in [-0.2, -0.15) is 0 Å². The van der Waals surface area contributed by atoms with E-state index >= 15 is 0 Å². The summed E-state index contributed by atoms with van der Waals surface area (Å²) >= 11 is 3.11. The van der Waals surface area contributed by atoms with Gasteiger partial charge in [0.25, 0.3) is 5.91 Å². The van der Waals surface area contributed by atoms with Gasteiger partial charge < -0.3 is 9.80 Å². The van der Waals surface area contributed by atoms with Gasteiger partial charge in [0.15, 0.2) is 5.78 Å². The third kappa shape index (κ3) is 3.21. The van der Waals surface area contributed by atoms with E-state index in [1.807, 2.05) is 11.2 Å². The smallest absolute Gasteiger partial charge is 0.264 e. The second-order valence-corrected chi connectivity index (χ2v) is 9.41. The summed E-state index contributed by atoms with van der Waals surface area (Å²) in [4.78, 5) is 30.6. The van der Waals surface area contributed by atoms with Crippen molar-refractivity contribution in [1.29, 1.82) is 0 Å². The summed E-state index contributed by atoms with van der Waals surface area (Å²) in [6.07, 6.45) is 3.38. The molecule has 0 aromatic carbocycles. The number of thiophene rings is 1. The molecule has 3 rings (SSSR count). The van der Waals surface area contributed by atoms with Crippen molar-refractivity contribution in [2.45, 2.75) is 30.9 Å². The van der Waals surface area contributed by atoms with Crippen LogP contribution in [0.2, 0.25) is 0 Å². The molecule has 0 radical (unpaired) electrons. The highest BCUT2D eigenvalue weighted by molar-refractivity contribution is 8.00. The quantitative estimate of drug-likeness (QED) is 0.767. The fraction of sp³-hybridized carbons (Fsp3) is 0.647. The van der Waals surface area contributed by atoms with Gasteiger partial charge in [0.1, 0.15) is 0 Å². The summed E-state index contributed by atoms with van der Waals surface area (Å²) in [6.45, 7) is 7.61. The van der Waals surface area contributed by atoms with Gasteiger partial charge in [-0.25, -0.2) is 0 Å². The normalized spacial score (nSPS) is 21.4. The van der Waals surface area contributed by atoms with Crippen LogP contribution in [-0.2, 0) is 6.42 Å². The van der Waals surface area contributed by atoms with Gasteiger partial charge in [-0.05, 0) is 30.7 Å². The van der Waals surface area contributed by atoms with E-state index < -0.39 is 0 Å². The fourth-order valence-electron chi connectivity index (χ4n) is 3.43. The SMILES string of the molecule is CSc1sc(C(=O)N2CCN(C)CC2)c2c1C(=O)CC(C)(C)C2. The van der Waals surface area contributed by atoms with Crippen LogP contribution in [0.3, 0.4) is 0 Å². The Morgan fingerprint density at radius 2 is 1.83 bits per heavy atom. The Morgan fingerprint density at radius 1 is 1.17 bits per heavy atom. The minimum absolute atomic E-state index is 0.0576. The van der Waals surface area contributed by atoms with Crippen molar-refractivity contribution in [3.05, 3.63) is 16.0 Å². The summed E-state index contributed by atoms with van der Waals surface area (Å²) in [6, 6.07) is 0. The van der Waals surface area contributed by atoms with Crippen LogP contribution in [0.4, 0.5) is 0 Å². The van der Waals surface area contributed by atoms with Crippen LogP contribution in [0, 0.1) is 5.41 Å².